The molecule has 1 amide bonds. The second-order valence-corrected chi connectivity index (χ2v) is 8.75. The van der Waals surface area contributed by atoms with Crippen molar-refractivity contribution >= 4 is 6.09 Å². The number of unbranched alkanes of at least 4 members (excludes halogenated alkanes) is 1. The van der Waals surface area contributed by atoms with Gasteiger partial charge in [0, 0.05) is 25.9 Å². The van der Waals surface area contributed by atoms with E-state index in [1.54, 1.807) is 9.91 Å². The molecule has 1 rings (SSSR count). The summed E-state index contributed by atoms with van der Waals surface area (Å²) in [6, 6.07) is 0. The predicted octanol–water partition coefficient (Wildman–Crippen LogP) is 4.10. The SMILES string of the molecule is CCCCN(/[N+]([O-])=N/OC1CCN(C(=O)OC(C)(C)C)CC1)C(C)(C)C. The maximum atomic E-state index is 12.3. The van der Waals surface area contributed by atoms with Crippen molar-refractivity contribution in [2.75, 3.05) is 19.6 Å². The molecule has 1 aliphatic rings. The van der Waals surface area contributed by atoms with E-state index in [1.807, 2.05) is 41.5 Å². The predicted molar refractivity (Wildman–Crippen MR) is 99.3 cm³/mol. The first-order valence-corrected chi connectivity index (χ1v) is 9.53. The van der Waals surface area contributed by atoms with Gasteiger partial charge >= 0.3 is 6.09 Å². The molecule has 8 nitrogen and oxygen atoms in total. The van der Waals surface area contributed by atoms with Gasteiger partial charge in [0.05, 0.1) is 17.1 Å². The summed E-state index contributed by atoms with van der Waals surface area (Å²) >= 11 is 0. The Morgan fingerprint density at radius 2 is 1.81 bits per heavy atom. The minimum atomic E-state index is -0.502. The van der Waals surface area contributed by atoms with Crippen molar-refractivity contribution in [3.05, 3.63) is 5.21 Å². The standard InChI is InChI=1S/C18H36N4O4/c1-8-9-12-21(17(2,3)4)22(24)19-26-15-10-13-20(14-11-15)16(23)25-18(5,6)7/h15H,8-14H2,1-7H3/b22-19-. The first-order valence-electron chi connectivity index (χ1n) is 9.53. The average molecular weight is 373 g/mol. The Labute approximate surface area is 157 Å². The molecule has 0 aliphatic carbocycles. The van der Waals surface area contributed by atoms with Gasteiger partial charge in [0.2, 0.25) is 5.28 Å². The molecule has 1 aliphatic heterocycles. The summed E-state index contributed by atoms with van der Waals surface area (Å²) in [6.45, 7) is 15.3. The molecule has 152 valence electrons. The number of likely N-dealkylation sites (tertiary alicyclic amines) is 1. The lowest BCUT2D eigenvalue weighted by Crippen LogP contribution is -2.46. The smallest absolute Gasteiger partial charge is 0.410 e. The highest BCUT2D eigenvalue weighted by atomic mass is 16.7. The highest BCUT2D eigenvalue weighted by Crippen LogP contribution is 2.19. The number of rotatable bonds is 6. The van der Waals surface area contributed by atoms with E-state index in [2.05, 4.69) is 12.2 Å². The van der Waals surface area contributed by atoms with Crippen molar-refractivity contribution in [3.8, 4) is 0 Å². The lowest BCUT2D eigenvalue weighted by molar-refractivity contribution is -0.726. The van der Waals surface area contributed by atoms with Gasteiger partial charge in [0.1, 0.15) is 11.7 Å². The van der Waals surface area contributed by atoms with E-state index < -0.39 is 5.60 Å². The Morgan fingerprint density at radius 3 is 2.27 bits per heavy atom. The summed E-state index contributed by atoms with van der Waals surface area (Å²) in [5.74, 6) is 0. The van der Waals surface area contributed by atoms with Gasteiger partial charge in [-0.3, -0.25) is 0 Å². The molecule has 0 aromatic rings. The van der Waals surface area contributed by atoms with Crippen molar-refractivity contribution in [3.63, 3.8) is 0 Å². The molecule has 0 aromatic heterocycles. The van der Waals surface area contributed by atoms with Crippen LogP contribution in [0.2, 0.25) is 0 Å². The van der Waals surface area contributed by atoms with Crippen LogP contribution in [0.1, 0.15) is 74.1 Å². The second-order valence-electron chi connectivity index (χ2n) is 8.75. The maximum absolute atomic E-state index is 12.3. The van der Waals surface area contributed by atoms with Gasteiger partial charge in [-0.1, -0.05) is 13.3 Å². The van der Waals surface area contributed by atoms with Gasteiger partial charge in [0.25, 0.3) is 0 Å². The van der Waals surface area contributed by atoms with Crippen LogP contribution in [-0.4, -0.2) is 57.8 Å². The number of carbonyl (C=O) groups excluding carboxylic acids is 1. The third-order valence-corrected chi connectivity index (χ3v) is 4.06. The van der Waals surface area contributed by atoms with E-state index in [9.17, 15) is 10.0 Å². The monoisotopic (exact) mass is 372 g/mol. The summed E-state index contributed by atoms with van der Waals surface area (Å²) in [5.41, 5.74) is -0.832. The van der Waals surface area contributed by atoms with Crippen molar-refractivity contribution in [2.45, 2.75) is 91.4 Å². The van der Waals surface area contributed by atoms with Gasteiger partial charge in [-0.2, -0.15) is 0 Å². The molecule has 0 radical (unpaired) electrons. The van der Waals surface area contributed by atoms with E-state index in [0.717, 1.165) is 12.8 Å². The molecular weight excluding hydrogens is 336 g/mol. The first-order chi connectivity index (χ1) is 11.9. The largest absolute Gasteiger partial charge is 0.569 e. The summed E-state index contributed by atoms with van der Waals surface area (Å²) in [6.07, 6.45) is 2.70. The zero-order valence-electron chi connectivity index (χ0n) is 17.4. The number of hydrazine groups is 1. The van der Waals surface area contributed by atoms with Gasteiger partial charge < -0.3 is 19.7 Å². The van der Waals surface area contributed by atoms with Gasteiger partial charge in [0.15, 0.2) is 0 Å². The van der Waals surface area contributed by atoms with Crippen molar-refractivity contribution in [1.82, 2.24) is 9.91 Å². The minimum Gasteiger partial charge on any atom is -0.569 e. The summed E-state index contributed by atoms with van der Waals surface area (Å²) < 4.78 is 5.37. The fourth-order valence-electron chi connectivity index (χ4n) is 2.61. The Morgan fingerprint density at radius 1 is 1.23 bits per heavy atom. The van der Waals surface area contributed by atoms with E-state index in [4.69, 9.17) is 9.57 Å². The third kappa shape index (κ3) is 7.66. The second kappa shape index (κ2) is 9.28. The molecule has 0 unspecified atom stereocenters. The fraction of sp³-hybridized carbons (Fsp3) is 0.944. The van der Waals surface area contributed by atoms with Crippen LogP contribution in [0.25, 0.3) is 0 Å². The van der Waals surface area contributed by atoms with E-state index >= 15 is 0 Å². The van der Waals surface area contributed by atoms with Crippen LogP contribution in [0.3, 0.4) is 0 Å². The number of nitrogens with zero attached hydrogens (tertiary/aromatic N) is 4. The number of carbonyl (C=O) groups is 1. The minimum absolute atomic E-state index is 0.168. The zero-order valence-corrected chi connectivity index (χ0v) is 17.4. The van der Waals surface area contributed by atoms with Crippen LogP contribution in [0.4, 0.5) is 4.79 Å². The Kier molecular flexibility index (Phi) is 7.96. The van der Waals surface area contributed by atoms with Gasteiger partial charge in [-0.15, -0.1) is 5.01 Å². The first kappa shape index (κ1) is 22.3. The fourth-order valence-corrected chi connectivity index (χ4v) is 2.61. The van der Waals surface area contributed by atoms with Crippen LogP contribution in [-0.2, 0) is 9.57 Å². The quantitative estimate of drug-likeness (QED) is 0.398. The van der Waals surface area contributed by atoms with E-state index in [1.165, 1.54) is 0 Å². The van der Waals surface area contributed by atoms with E-state index in [0.29, 0.717) is 37.4 Å². The lowest BCUT2D eigenvalue weighted by atomic mass is 10.1. The Bertz CT molecular complexity index is 475. The van der Waals surface area contributed by atoms with Crippen molar-refractivity contribution < 1.29 is 19.3 Å². The maximum Gasteiger partial charge on any atom is 0.410 e. The van der Waals surface area contributed by atoms with Gasteiger partial charge in [-0.25, -0.2) is 4.79 Å². The molecule has 0 aromatic carbocycles. The van der Waals surface area contributed by atoms with Crippen LogP contribution in [0.15, 0.2) is 5.28 Å². The number of amides is 1. The molecule has 1 fully saturated rings. The third-order valence-electron chi connectivity index (χ3n) is 4.06. The molecule has 26 heavy (non-hydrogen) atoms. The molecule has 0 saturated carbocycles. The Hall–Kier alpha value is -1.73. The topological polar surface area (TPSA) is 80.4 Å². The molecule has 1 saturated heterocycles. The van der Waals surface area contributed by atoms with Crippen LogP contribution < -0.4 is 0 Å². The number of hydrogen-bond donors (Lipinski definition) is 0. The van der Waals surface area contributed by atoms with E-state index in [-0.39, 0.29) is 17.7 Å². The summed E-state index contributed by atoms with van der Waals surface area (Å²) in [5, 5.41) is 17.8. The number of hydrogen-bond acceptors (Lipinski definition) is 5. The molecular formula is C18H36N4O4. The van der Waals surface area contributed by atoms with Crippen LogP contribution >= 0.6 is 0 Å². The lowest BCUT2D eigenvalue weighted by Gasteiger charge is -2.32. The van der Waals surface area contributed by atoms with Gasteiger partial charge in [-0.05, 0) is 48.0 Å². The highest BCUT2D eigenvalue weighted by molar-refractivity contribution is 5.68. The van der Waals surface area contributed by atoms with Crippen molar-refractivity contribution in [1.29, 1.82) is 0 Å². The van der Waals surface area contributed by atoms with Crippen LogP contribution in [0, 0.1) is 5.21 Å². The molecule has 0 spiro atoms. The molecule has 1 heterocycles. The average Bonchev–Trinajstić information content (AvgIpc) is 2.51. The van der Waals surface area contributed by atoms with Crippen LogP contribution in [0.5, 0.6) is 0 Å². The molecule has 0 N–H and O–H groups in total. The molecule has 8 heteroatoms. The van der Waals surface area contributed by atoms with Crippen molar-refractivity contribution in [2.24, 2.45) is 5.28 Å². The normalized spacial score (nSPS) is 17.2. The number of piperidine rings is 1. The molecule has 0 atom stereocenters. The Balaban J connectivity index is 2.53. The summed E-state index contributed by atoms with van der Waals surface area (Å²) in [4.78, 5) is 19.7. The zero-order chi connectivity index (χ0) is 20.0. The molecule has 0 bridgehead atoms. The highest BCUT2D eigenvalue weighted by Gasteiger charge is 2.30. The summed E-state index contributed by atoms with van der Waals surface area (Å²) in [7, 11) is 0. The number of ether oxygens (including phenoxy) is 1.